The zero-order chi connectivity index (χ0) is 7.56. The molecule has 0 saturated heterocycles. The minimum absolute atomic E-state index is 0. The number of hydrogen-bond acceptors (Lipinski definition) is 3. The maximum Gasteiger partial charge on any atom is 0.235 e. The van der Waals surface area contributed by atoms with Gasteiger partial charge in [-0.05, 0) is 28.1 Å². The van der Waals surface area contributed by atoms with Crippen LogP contribution in [-0.4, -0.2) is 17.5 Å². The van der Waals surface area contributed by atoms with E-state index in [0.717, 1.165) is 3.79 Å². The van der Waals surface area contributed by atoms with E-state index < -0.39 is 5.78 Å². The van der Waals surface area contributed by atoms with E-state index in [1.165, 1.54) is 11.3 Å². The van der Waals surface area contributed by atoms with Gasteiger partial charge in [-0.15, -0.1) is 11.3 Å². The fourth-order valence-corrected chi connectivity index (χ4v) is 1.79. The van der Waals surface area contributed by atoms with Gasteiger partial charge in [0.15, 0.2) is 6.29 Å². The van der Waals surface area contributed by atoms with Crippen LogP contribution in [0.3, 0.4) is 0 Å². The van der Waals surface area contributed by atoms with E-state index in [2.05, 4.69) is 15.9 Å². The lowest BCUT2D eigenvalue weighted by Crippen LogP contribution is -1.94. The van der Waals surface area contributed by atoms with Crippen molar-refractivity contribution in [3.8, 4) is 0 Å². The van der Waals surface area contributed by atoms with Crippen LogP contribution in [0, 0.1) is 0 Å². The Hall–Kier alpha value is -0.520. The van der Waals surface area contributed by atoms with Gasteiger partial charge in [0.2, 0.25) is 5.78 Å². The minimum Gasteiger partial charge on any atom is -0.412 e. The van der Waals surface area contributed by atoms with Crippen molar-refractivity contribution in [3.05, 3.63) is 20.8 Å². The molecule has 0 amide bonds. The molecular weight excluding hydrogens is 232 g/mol. The lowest BCUT2D eigenvalue weighted by molar-refractivity contribution is -0.104. The number of ketones is 1. The first kappa shape index (κ1) is 10.5. The molecule has 5 heteroatoms. The van der Waals surface area contributed by atoms with E-state index in [1.54, 1.807) is 12.1 Å². The zero-order valence-electron chi connectivity index (χ0n) is 5.33. The summed E-state index contributed by atoms with van der Waals surface area (Å²) in [5, 5.41) is 0. The number of rotatable bonds is 2. The van der Waals surface area contributed by atoms with Crippen LogP contribution in [0.5, 0.6) is 0 Å². The molecule has 1 rings (SSSR count). The van der Waals surface area contributed by atoms with Gasteiger partial charge in [0.25, 0.3) is 0 Å². The monoisotopic (exact) mass is 236 g/mol. The number of aldehydes is 1. The van der Waals surface area contributed by atoms with Crippen LogP contribution in [0.2, 0.25) is 0 Å². The van der Waals surface area contributed by atoms with Crippen LogP contribution in [0.4, 0.5) is 0 Å². The van der Waals surface area contributed by atoms with E-state index in [-0.39, 0.29) is 5.48 Å². The molecule has 2 N–H and O–H groups in total. The van der Waals surface area contributed by atoms with Crippen molar-refractivity contribution in [2.24, 2.45) is 0 Å². The van der Waals surface area contributed by atoms with Crippen LogP contribution in [0.15, 0.2) is 15.9 Å². The molecule has 1 aromatic rings. The molecule has 0 fully saturated rings. The van der Waals surface area contributed by atoms with Crippen molar-refractivity contribution in [3.63, 3.8) is 0 Å². The summed E-state index contributed by atoms with van der Waals surface area (Å²) in [5.74, 6) is -0.462. The lowest BCUT2D eigenvalue weighted by Gasteiger charge is -1.79. The number of thiophene rings is 1. The summed E-state index contributed by atoms with van der Waals surface area (Å²) in [4.78, 5) is 21.1. The van der Waals surface area contributed by atoms with E-state index in [4.69, 9.17) is 0 Å². The van der Waals surface area contributed by atoms with Crippen molar-refractivity contribution in [1.82, 2.24) is 0 Å². The second-order valence-electron chi connectivity index (χ2n) is 1.59. The molecule has 0 aliphatic rings. The van der Waals surface area contributed by atoms with E-state index in [9.17, 15) is 9.59 Å². The maximum absolute atomic E-state index is 10.6. The van der Waals surface area contributed by atoms with Crippen LogP contribution < -0.4 is 0 Å². The summed E-state index contributed by atoms with van der Waals surface area (Å²) < 4.78 is 0.859. The SMILES string of the molecule is O.O=CC(=O)c1ccc(Br)s1. The van der Waals surface area contributed by atoms with Gasteiger partial charge >= 0.3 is 0 Å². The topological polar surface area (TPSA) is 65.6 Å². The van der Waals surface area contributed by atoms with Crippen molar-refractivity contribution in [1.29, 1.82) is 0 Å². The van der Waals surface area contributed by atoms with Gasteiger partial charge in [-0.3, -0.25) is 9.59 Å². The van der Waals surface area contributed by atoms with Crippen LogP contribution in [0.25, 0.3) is 0 Å². The highest BCUT2D eigenvalue weighted by atomic mass is 79.9. The van der Waals surface area contributed by atoms with Crippen LogP contribution in [0.1, 0.15) is 9.67 Å². The summed E-state index contributed by atoms with van der Waals surface area (Å²) >= 11 is 4.44. The third-order valence-corrected chi connectivity index (χ3v) is 2.56. The third-order valence-electron chi connectivity index (χ3n) is 0.923. The Morgan fingerprint density at radius 2 is 2.18 bits per heavy atom. The molecule has 0 saturated carbocycles. The predicted octanol–water partition coefficient (Wildman–Crippen LogP) is 1.07. The Morgan fingerprint density at radius 1 is 1.55 bits per heavy atom. The summed E-state index contributed by atoms with van der Waals surface area (Å²) in [6.45, 7) is 0. The first-order valence-electron chi connectivity index (χ1n) is 2.49. The average molecular weight is 237 g/mol. The molecule has 1 aromatic heterocycles. The van der Waals surface area contributed by atoms with Crippen molar-refractivity contribution in [2.75, 3.05) is 0 Å². The zero-order valence-corrected chi connectivity index (χ0v) is 7.74. The van der Waals surface area contributed by atoms with Crippen molar-refractivity contribution in [2.45, 2.75) is 0 Å². The molecule has 0 radical (unpaired) electrons. The Labute approximate surface area is 75.5 Å². The second kappa shape index (κ2) is 4.38. The molecule has 11 heavy (non-hydrogen) atoms. The van der Waals surface area contributed by atoms with E-state index >= 15 is 0 Å². The number of halogens is 1. The number of Topliss-reactive ketones (excluding diaryl/α,β-unsaturated/α-hetero) is 1. The fraction of sp³-hybridized carbons (Fsp3) is 0. The summed E-state index contributed by atoms with van der Waals surface area (Å²) in [6, 6.07) is 3.35. The first-order valence-corrected chi connectivity index (χ1v) is 4.10. The highest BCUT2D eigenvalue weighted by Crippen LogP contribution is 2.21. The molecule has 0 aliphatic heterocycles. The minimum atomic E-state index is -0.462. The molecular formula is C6H5BrO3S. The molecule has 3 nitrogen and oxygen atoms in total. The molecule has 0 aliphatic carbocycles. The summed E-state index contributed by atoms with van der Waals surface area (Å²) in [5.41, 5.74) is 0. The lowest BCUT2D eigenvalue weighted by atomic mass is 10.3. The van der Waals surface area contributed by atoms with E-state index in [1.807, 2.05) is 0 Å². The Balaban J connectivity index is 0.000001000. The molecule has 1 heterocycles. The fourth-order valence-electron chi connectivity index (χ4n) is 0.505. The quantitative estimate of drug-likeness (QED) is 0.438. The van der Waals surface area contributed by atoms with Gasteiger partial charge in [-0.25, -0.2) is 0 Å². The van der Waals surface area contributed by atoms with Crippen molar-refractivity contribution >= 4 is 39.3 Å². The molecule has 60 valence electrons. The highest BCUT2D eigenvalue weighted by molar-refractivity contribution is 9.11. The standard InChI is InChI=1S/C6H3BrO2S.H2O/c7-6-2-1-5(10-6)4(9)3-8;/h1-3H;1H2. The molecule has 0 bridgehead atoms. The van der Waals surface area contributed by atoms with Gasteiger partial charge in [0.05, 0.1) is 8.66 Å². The van der Waals surface area contributed by atoms with E-state index in [0.29, 0.717) is 11.2 Å². The average Bonchev–Trinajstić information content (AvgIpc) is 2.34. The Bertz CT molecular complexity index is 269. The summed E-state index contributed by atoms with van der Waals surface area (Å²) in [6.07, 6.45) is 0.318. The molecule has 0 unspecified atom stereocenters. The van der Waals surface area contributed by atoms with Crippen molar-refractivity contribution < 1.29 is 15.1 Å². The second-order valence-corrected chi connectivity index (χ2v) is 4.05. The third kappa shape index (κ3) is 2.53. The molecule has 0 atom stereocenters. The largest absolute Gasteiger partial charge is 0.412 e. The Morgan fingerprint density at radius 3 is 2.55 bits per heavy atom. The number of hydrogen-bond donors (Lipinski definition) is 0. The van der Waals surface area contributed by atoms with Crippen LogP contribution >= 0.6 is 27.3 Å². The Kier molecular flexibility index (Phi) is 4.17. The maximum atomic E-state index is 10.6. The summed E-state index contributed by atoms with van der Waals surface area (Å²) in [7, 11) is 0. The highest BCUT2D eigenvalue weighted by Gasteiger charge is 2.05. The van der Waals surface area contributed by atoms with Gasteiger partial charge < -0.3 is 5.48 Å². The predicted molar refractivity (Wildman–Crippen MR) is 46.0 cm³/mol. The van der Waals surface area contributed by atoms with Gasteiger partial charge in [-0.1, -0.05) is 0 Å². The smallest absolute Gasteiger partial charge is 0.235 e. The van der Waals surface area contributed by atoms with Gasteiger partial charge in [0.1, 0.15) is 0 Å². The van der Waals surface area contributed by atoms with Crippen LogP contribution in [-0.2, 0) is 4.79 Å². The molecule has 0 spiro atoms. The normalized spacial score (nSPS) is 8.45. The first-order chi connectivity index (χ1) is 4.74. The molecule has 0 aromatic carbocycles. The van der Waals surface area contributed by atoms with Gasteiger partial charge in [-0.2, -0.15) is 0 Å². The number of carbonyl (C=O) groups is 2. The number of carbonyl (C=O) groups excluding carboxylic acids is 2. The van der Waals surface area contributed by atoms with Gasteiger partial charge in [0, 0.05) is 0 Å².